The molecule has 2 aromatic rings. The number of piperazine rings is 1. The lowest BCUT2D eigenvalue weighted by atomic mass is 9.78. The van der Waals surface area contributed by atoms with Crippen LogP contribution in [0.2, 0.25) is 0 Å². The molecule has 2 fully saturated rings. The van der Waals surface area contributed by atoms with Crippen molar-refractivity contribution in [2.24, 2.45) is 28.8 Å². The summed E-state index contributed by atoms with van der Waals surface area (Å²) in [7, 11) is 1.44. The number of aliphatic hydroxyl groups is 2. The summed E-state index contributed by atoms with van der Waals surface area (Å²) in [5.41, 5.74) is -0.293. The molecule has 1 aliphatic carbocycles. The van der Waals surface area contributed by atoms with Gasteiger partial charge in [0, 0.05) is 93.4 Å². The van der Waals surface area contributed by atoms with Crippen LogP contribution in [0.5, 0.6) is 23.0 Å². The summed E-state index contributed by atoms with van der Waals surface area (Å²) in [5.74, 6) is -8.28. The predicted molar refractivity (Wildman–Crippen MR) is 237 cm³/mol. The average molecular weight is 877 g/mol. The molecule has 4 aliphatic heterocycles. The van der Waals surface area contributed by atoms with Gasteiger partial charge in [0.1, 0.15) is 23.4 Å². The monoisotopic (exact) mass is 876 g/mol. The minimum atomic E-state index is -2.04. The number of nitrogens with zero attached hydrogens (tertiary/aromatic N) is 3. The normalized spacial score (nSPS) is 30.5. The number of amides is 1. The van der Waals surface area contributed by atoms with E-state index in [4.69, 9.17) is 18.9 Å². The lowest BCUT2D eigenvalue weighted by molar-refractivity contribution is -0.160. The smallest absolute Gasteiger partial charge is 0.312 e. The van der Waals surface area contributed by atoms with Gasteiger partial charge in [-0.2, -0.15) is 5.10 Å². The van der Waals surface area contributed by atoms with E-state index in [-0.39, 0.29) is 44.5 Å². The van der Waals surface area contributed by atoms with E-state index in [0.717, 1.165) is 13.1 Å². The third kappa shape index (κ3) is 9.40. The molecule has 0 aromatic heterocycles. The van der Waals surface area contributed by atoms with E-state index in [9.17, 15) is 39.9 Å². The summed E-state index contributed by atoms with van der Waals surface area (Å²) in [6, 6.07) is 0.553. The highest BCUT2D eigenvalue weighted by Gasteiger charge is 2.50. The molecular formula is C47H64N4O12. The first-order chi connectivity index (χ1) is 29.8. The van der Waals surface area contributed by atoms with Crippen molar-refractivity contribution in [2.45, 2.75) is 117 Å². The molecule has 0 radical (unpaired) electrons. The van der Waals surface area contributed by atoms with E-state index in [1.165, 1.54) is 85.1 Å². The zero-order valence-electron chi connectivity index (χ0n) is 37.8. The van der Waals surface area contributed by atoms with Gasteiger partial charge in [0.25, 0.3) is 11.7 Å². The van der Waals surface area contributed by atoms with Crippen molar-refractivity contribution in [1.82, 2.24) is 9.91 Å². The van der Waals surface area contributed by atoms with E-state index in [2.05, 4.69) is 15.3 Å². The number of phenols is 3. The minimum Gasteiger partial charge on any atom is -0.507 e. The van der Waals surface area contributed by atoms with Crippen molar-refractivity contribution in [1.29, 1.82) is 0 Å². The first-order valence-corrected chi connectivity index (χ1v) is 21.9. The number of esters is 1. The maximum atomic E-state index is 14.5. The van der Waals surface area contributed by atoms with Crippen molar-refractivity contribution in [3.63, 3.8) is 0 Å². The van der Waals surface area contributed by atoms with Crippen molar-refractivity contribution in [3.05, 3.63) is 52.8 Å². The molecule has 63 heavy (non-hydrogen) atoms. The van der Waals surface area contributed by atoms with E-state index in [0.29, 0.717) is 19.1 Å². The Morgan fingerprint density at radius 1 is 0.921 bits per heavy atom. The number of anilines is 1. The fourth-order valence-electron chi connectivity index (χ4n) is 9.47. The quantitative estimate of drug-likeness (QED) is 0.0926. The number of phenolic OH excluding ortho intramolecular Hbond substituents is 3. The molecule has 16 heteroatoms. The number of benzene rings is 2. The third-order valence-electron chi connectivity index (χ3n) is 13.5. The Balaban J connectivity index is 1.47. The average Bonchev–Trinajstić information content (AvgIpc) is 3.89. The third-order valence-corrected chi connectivity index (χ3v) is 13.5. The second-order valence-corrected chi connectivity index (χ2v) is 17.8. The Morgan fingerprint density at radius 3 is 2.22 bits per heavy atom. The maximum absolute atomic E-state index is 14.5. The van der Waals surface area contributed by atoms with Crippen LogP contribution in [0.3, 0.4) is 0 Å². The van der Waals surface area contributed by atoms with Gasteiger partial charge in [0.05, 0.1) is 53.0 Å². The molecule has 9 atom stereocenters. The number of carbonyl (C=O) groups excluding carboxylic acids is 3. The molecule has 344 valence electrons. The number of methoxy groups -OCH3 is 1. The summed E-state index contributed by atoms with van der Waals surface area (Å²) < 4.78 is 23.7. The highest BCUT2D eigenvalue weighted by Crippen LogP contribution is 2.55. The second-order valence-electron chi connectivity index (χ2n) is 17.8. The second kappa shape index (κ2) is 19.3. The number of Topliss-reactive ketones (excluding diaryl/α,β-unsaturated/α-hetero) is 1. The lowest BCUT2D eigenvalue weighted by Crippen LogP contribution is -2.47. The zero-order chi connectivity index (χ0) is 46.1. The molecule has 7 rings (SSSR count). The standard InChI is InChI=1S/C47H64N4O12/c1-24-13-12-14-25(2)46(59)49-37-32(23-48-51-20-18-50(19-21-51)31-15-10-11-16-31)41(56)34-35(42(37)57)40(55)29(6)44-36(34)45(58)47(8,63-44)61-22-17-33(60-9)26(3)43(62-30(7)52)28(5)39(54)27(4)38(24)53/h12-14,17,22-24,26-28,31,33,38-39,43,53-57H,10-11,15-16,18-21H2,1-9H3,(H,49,59)/b13-12?,22-17?,25-14?,48-23+/t24-,26+,27-,28-,33+,38-,39+,43-,47+/m1/s1. The lowest BCUT2D eigenvalue weighted by Gasteiger charge is -2.38. The molecule has 1 amide bonds. The maximum Gasteiger partial charge on any atom is 0.312 e. The number of carbonyl (C=O) groups is 3. The first-order valence-electron chi connectivity index (χ1n) is 21.9. The van der Waals surface area contributed by atoms with Gasteiger partial charge in [-0.25, -0.2) is 0 Å². The van der Waals surface area contributed by atoms with Gasteiger partial charge in [-0.15, -0.1) is 0 Å². The Bertz CT molecular complexity index is 2190. The van der Waals surface area contributed by atoms with Crippen LogP contribution < -0.4 is 10.1 Å². The van der Waals surface area contributed by atoms with Crippen molar-refractivity contribution in [3.8, 4) is 23.0 Å². The molecule has 5 bridgehead atoms. The SMILES string of the molecule is CO[C@H]1C=CO[C@@]2(C)Oc3c(C)c(O)c4c(O)c(c(/C=N/N5CCN(C6CCCC6)CC5)c(O)c4c3C2=O)NC(=O)C(C)=CC=C[C@@H](C)[C@@H](O)[C@@H](C)[C@H](O)[C@@H](C)[C@H](OC(C)=O)[C@H]1C. The highest BCUT2D eigenvalue weighted by atomic mass is 16.7. The minimum absolute atomic E-state index is 0.0631. The van der Waals surface area contributed by atoms with Crippen LogP contribution >= 0.6 is 0 Å². The van der Waals surface area contributed by atoms with Gasteiger partial charge in [-0.1, -0.05) is 58.8 Å². The van der Waals surface area contributed by atoms with Gasteiger partial charge in [0.15, 0.2) is 5.75 Å². The topological polar surface area (TPSA) is 220 Å². The van der Waals surface area contributed by atoms with E-state index in [1.807, 2.05) is 5.01 Å². The number of rotatable bonds is 5. The summed E-state index contributed by atoms with van der Waals surface area (Å²) in [6.45, 7) is 15.4. The van der Waals surface area contributed by atoms with Crippen LogP contribution in [0, 0.1) is 30.6 Å². The summed E-state index contributed by atoms with van der Waals surface area (Å²) in [4.78, 5) is 43.2. The highest BCUT2D eigenvalue weighted by molar-refractivity contribution is 6.23. The molecule has 2 aromatic carbocycles. The molecule has 5 aliphatic rings. The van der Waals surface area contributed by atoms with Crippen molar-refractivity contribution >= 4 is 40.3 Å². The summed E-state index contributed by atoms with van der Waals surface area (Å²) >= 11 is 0. The molecule has 16 nitrogen and oxygen atoms in total. The molecule has 6 N–H and O–H groups in total. The number of ketones is 1. The molecule has 0 unspecified atom stereocenters. The van der Waals surface area contributed by atoms with Gasteiger partial charge < -0.3 is 49.8 Å². The molecule has 0 spiro atoms. The van der Waals surface area contributed by atoms with Gasteiger partial charge in [0.2, 0.25) is 0 Å². The number of hydrazone groups is 1. The molecule has 4 heterocycles. The van der Waals surface area contributed by atoms with Crippen molar-refractivity contribution < 1.29 is 58.9 Å². The zero-order valence-corrected chi connectivity index (χ0v) is 37.8. The van der Waals surface area contributed by atoms with E-state index in [1.54, 1.807) is 39.8 Å². The Kier molecular flexibility index (Phi) is 14.5. The molecular weight excluding hydrogens is 813 g/mol. The van der Waals surface area contributed by atoms with Crippen LogP contribution in [0.15, 0.2) is 41.2 Å². The number of aliphatic hydroxyl groups excluding tert-OH is 2. The number of nitrogens with one attached hydrogen (secondary N) is 1. The fourth-order valence-corrected chi connectivity index (χ4v) is 9.47. The summed E-state index contributed by atoms with van der Waals surface area (Å²) in [6.07, 6.45) is 9.75. The van der Waals surface area contributed by atoms with E-state index >= 15 is 0 Å². The number of ether oxygens (including phenoxy) is 4. The first kappa shape index (κ1) is 47.3. The van der Waals surface area contributed by atoms with Gasteiger partial charge in [-0.3, -0.25) is 24.3 Å². The van der Waals surface area contributed by atoms with Gasteiger partial charge in [-0.05, 0) is 32.8 Å². The largest absolute Gasteiger partial charge is 0.507 e. The molecule has 1 saturated carbocycles. The fraction of sp³-hybridized carbons (Fsp3) is 0.574. The number of allylic oxidation sites excluding steroid dienone is 2. The number of hydrogen-bond acceptors (Lipinski definition) is 15. The summed E-state index contributed by atoms with van der Waals surface area (Å²) in [5, 5.41) is 67.6. The Morgan fingerprint density at radius 2 is 1.59 bits per heavy atom. The molecule has 1 saturated heterocycles. The number of aromatic hydroxyl groups is 3. The van der Waals surface area contributed by atoms with E-state index < -0.39 is 88.8 Å². The van der Waals surface area contributed by atoms with Crippen LogP contribution in [-0.4, -0.2) is 129 Å². The van der Waals surface area contributed by atoms with Crippen LogP contribution in [0.25, 0.3) is 10.8 Å². The van der Waals surface area contributed by atoms with Crippen molar-refractivity contribution in [2.75, 3.05) is 38.6 Å². The Hall–Kier alpha value is -5.16. The number of fused-ring (bicyclic) bond motifs is 14. The van der Waals surface area contributed by atoms with Crippen LogP contribution in [0.4, 0.5) is 5.69 Å². The number of hydrogen-bond donors (Lipinski definition) is 6. The Labute approximate surface area is 368 Å². The predicted octanol–water partition coefficient (Wildman–Crippen LogP) is 5.65. The van der Waals surface area contributed by atoms with Crippen LogP contribution in [-0.2, 0) is 23.8 Å². The van der Waals surface area contributed by atoms with Crippen LogP contribution in [0.1, 0.15) is 95.6 Å². The van der Waals surface area contributed by atoms with Gasteiger partial charge >= 0.3 is 11.8 Å².